The van der Waals surface area contributed by atoms with E-state index in [0.29, 0.717) is 11.9 Å². The maximum Gasteiger partial charge on any atom is 0.119 e. The van der Waals surface area contributed by atoms with E-state index < -0.39 is 0 Å². The molecule has 0 saturated heterocycles. The maximum absolute atomic E-state index is 5.59. The number of thioether (sulfide) groups is 1. The van der Waals surface area contributed by atoms with Gasteiger partial charge in [0, 0.05) is 22.8 Å². The molecule has 0 fully saturated rings. The van der Waals surface area contributed by atoms with E-state index in [0.717, 1.165) is 23.3 Å². The highest BCUT2D eigenvalue weighted by molar-refractivity contribution is 9.10. The molecule has 0 aliphatic rings. The van der Waals surface area contributed by atoms with Gasteiger partial charge in [0.2, 0.25) is 0 Å². The molecule has 1 aromatic carbocycles. The SMILES string of the molecule is CSC(C)CNCCOc1ccc(Br)cc1. The van der Waals surface area contributed by atoms with Crippen molar-refractivity contribution < 1.29 is 4.74 Å². The molecular weight excluding hydrogens is 286 g/mol. The minimum atomic E-state index is 0.660. The van der Waals surface area contributed by atoms with Crippen LogP contribution in [0, 0.1) is 0 Å². The number of hydrogen-bond acceptors (Lipinski definition) is 3. The van der Waals surface area contributed by atoms with Crippen molar-refractivity contribution in [1.82, 2.24) is 5.32 Å². The zero-order valence-electron chi connectivity index (χ0n) is 9.70. The van der Waals surface area contributed by atoms with Gasteiger partial charge >= 0.3 is 0 Å². The molecule has 0 spiro atoms. The average molecular weight is 304 g/mol. The van der Waals surface area contributed by atoms with E-state index in [4.69, 9.17) is 4.74 Å². The normalized spacial score (nSPS) is 12.4. The predicted molar refractivity (Wildman–Crippen MR) is 75.5 cm³/mol. The fraction of sp³-hybridized carbons (Fsp3) is 0.500. The summed E-state index contributed by atoms with van der Waals surface area (Å²) in [5.74, 6) is 0.919. The molecule has 0 amide bonds. The Hall–Kier alpha value is -0.190. The van der Waals surface area contributed by atoms with Crippen molar-refractivity contribution in [1.29, 1.82) is 0 Å². The summed E-state index contributed by atoms with van der Waals surface area (Å²) in [4.78, 5) is 0. The van der Waals surface area contributed by atoms with Gasteiger partial charge in [0.1, 0.15) is 12.4 Å². The Morgan fingerprint density at radius 2 is 2.06 bits per heavy atom. The minimum absolute atomic E-state index is 0.660. The number of benzene rings is 1. The Morgan fingerprint density at radius 3 is 2.69 bits per heavy atom. The van der Waals surface area contributed by atoms with Crippen LogP contribution in [-0.4, -0.2) is 31.2 Å². The lowest BCUT2D eigenvalue weighted by molar-refractivity contribution is 0.314. The van der Waals surface area contributed by atoms with Crippen LogP contribution >= 0.6 is 27.7 Å². The van der Waals surface area contributed by atoms with Crippen LogP contribution in [0.5, 0.6) is 5.75 Å². The minimum Gasteiger partial charge on any atom is -0.492 e. The van der Waals surface area contributed by atoms with Crippen LogP contribution in [0.3, 0.4) is 0 Å². The van der Waals surface area contributed by atoms with E-state index in [-0.39, 0.29) is 0 Å². The van der Waals surface area contributed by atoms with Crippen molar-refractivity contribution in [3.63, 3.8) is 0 Å². The third kappa shape index (κ3) is 5.77. The Kier molecular flexibility index (Phi) is 6.92. The van der Waals surface area contributed by atoms with Crippen molar-refractivity contribution in [3.8, 4) is 5.75 Å². The van der Waals surface area contributed by atoms with E-state index in [1.165, 1.54) is 0 Å². The summed E-state index contributed by atoms with van der Waals surface area (Å²) in [5, 5.41) is 4.02. The second-order valence-corrected chi connectivity index (χ2v) is 5.74. The van der Waals surface area contributed by atoms with Gasteiger partial charge in [-0.25, -0.2) is 0 Å². The summed E-state index contributed by atoms with van der Waals surface area (Å²) in [6.45, 7) is 4.85. The Labute approximate surface area is 110 Å². The fourth-order valence-electron chi connectivity index (χ4n) is 1.16. The quantitative estimate of drug-likeness (QED) is 0.782. The molecule has 0 heterocycles. The molecule has 1 unspecified atom stereocenters. The molecule has 4 heteroatoms. The Bertz CT molecular complexity index is 292. The van der Waals surface area contributed by atoms with E-state index in [9.17, 15) is 0 Å². The van der Waals surface area contributed by atoms with Gasteiger partial charge < -0.3 is 10.1 Å². The number of ether oxygens (including phenoxy) is 1. The van der Waals surface area contributed by atoms with Crippen LogP contribution in [0.15, 0.2) is 28.7 Å². The number of rotatable bonds is 7. The van der Waals surface area contributed by atoms with Gasteiger partial charge in [-0.1, -0.05) is 22.9 Å². The first kappa shape index (κ1) is 13.9. The lowest BCUT2D eigenvalue weighted by atomic mass is 10.3. The van der Waals surface area contributed by atoms with Gasteiger partial charge in [0.15, 0.2) is 0 Å². The highest BCUT2D eigenvalue weighted by Crippen LogP contribution is 2.15. The Morgan fingerprint density at radius 1 is 1.38 bits per heavy atom. The summed E-state index contributed by atoms with van der Waals surface area (Å²) in [6.07, 6.45) is 2.13. The molecule has 0 aliphatic heterocycles. The molecule has 16 heavy (non-hydrogen) atoms. The highest BCUT2D eigenvalue weighted by atomic mass is 79.9. The zero-order valence-corrected chi connectivity index (χ0v) is 12.1. The van der Waals surface area contributed by atoms with Crippen molar-refractivity contribution in [2.24, 2.45) is 0 Å². The van der Waals surface area contributed by atoms with Crippen LogP contribution in [0.1, 0.15) is 6.92 Å². The first-order chi connectivity index (χ1) is 7.72. The van der Waals surface area contributed by atoms with E-state index in [2.05, 4.69) is 34.4 Å². The van der Waals surface area contributed by atoms with E-state index >= 15 is 0 Å². The molecule has 2 nitrogen and oxygen atoms in total. The number of hydrogen-bond donors (Lipinski definition) is 1. The van der Waals surface area contributed by atoms with Gasteiger partial charge in [-0.3, -0.25) is 0 Å². The first-order valence-electron chi connectivity index (χ1n) is 5.34. The molecule has 0 aromatic heterocycles. The van der Waals surface area contributed by atoms with E-state index in [1.54, 1.807) is 0 Å². The van der Waals surface area contributed by atoms with Gasteiger partial charge in [-0.2, -0.15) is 11.8 Å². The summed E-state index contributed by atoms with van der Waals surface area (Å²) in [5.41, 5.74) is 0. The molecule has 1 atom stereocenters. The van der Waals surface area contributed by atoms with Crippen LogP contribution in [-0.2, 0) is 0 Å². The van der Waals surface area contributed by atoms with Crippen molar-refractivity contribution in [2.45, 2.75) is 12.2 Å². The van der Waals surface area contributed by atoms with Gasteiger partial charge in [-0.15, -0.1) is 0 Å². The lowest BCUT2D eigenvalue weighted by Gasteiger charge is -2.10. The monoisotopic (exact) mass is 303 g/mol. The topological polar surface area (TPSA) is 21.3 Å². The molecule has 0 aliphatic carbocycles. The summed E-state index contributed by atoms with van der Waals surface area (Å²) in [6, 6.07) is 7.90. The van der Waals surface area contributed by atoms with Gasteiger partial charge in [-0.05, 0) is 30.5 Å². The molecule has 1 rings (SSSR count). The van der Waals surface area contributed by atoms with Crippen molar-refractivity contribution in [3.05, 3.63) is 28.7 Å². The molecule has 1 N–H and O–H groups in total. The third-order valence-electron chi connectivity index (χ3n) is 2.20. The largest absolute Gasteiger partial charge is 0.492 e. The van der Waals surface area contributed by atoms with Crippen LogP contribution in [0.25, 0.3) is 0 Å². The second-order valence-electron chi connectivity index (χ2n) is 3.55. The van der Waals surface area contributed by atoms with Gasteiger partial charge in [0.25, 0.3) is 0 Å². The van der Waals surface area contributed by atoms with Crippen LogP contribution in [0.2, 0.25) is 0 Å². The molecule has 1 aromatic rings. The Balaban J connectivity index is 2.09. The predicted octanol–water partition coefficient (Wildman–Crippen LogP) is 3.17. The molecule has 90 valence electrons. The molecule has 0 saturated carbocycles. The van der Waals surface area contributed by atoms with Crippen molar-refractivity contribution >= 4 is 27.7 Å². The molecule has 0 bridgehead atoms. The fourth-order valence-corrected chi connectivity index (χ4v) is 1.71. The number of nitrogens with one attached hydrogen (secondary N) is 1. The smallest absolute Gasteiger partial charge is 0.119 e. The second kappa shape index (κ2) is 7.98. The molecule has 0 radical (unpaired) electrons. The van der Waals surface area contributed by atoms with Crippen molar-refractivity contribution in [2.75, 3.05) is 26.0 Å². The highest BCUT2D eigenvalue weighted by Gasteiger charge is 1.97. The average Bonchev–Trinajstić information content (AvgIpc) is 2.31. The standard InChI is InChI=1S/C12H18BrNOS/c1-10(16-2)9-14-7-8-15-12-5-3-11(13)4-6-12/h3-6,10,14H,7-9H2,1-2H3. The van der Waals surface area contributed by atoms with Crippen LogP contribution < -0.4 is 10.1 Å². The summed E-state index contributed by atoms with van der Waals surface area (Å²) in [7, 11) is 0. The first-order valence-corrected chi connectivity index (χ1v) is 7.42. The zero-order chi connectivity index (χ0) is 11.8. The lowest BCUT2D eigenvalue weighted by Crippen LogP contribution is -2.27. The summed E-state index contributed by atoms with van der Waals surface area (Å²) >= 11 is 5.26. The maximum atomic E-state index is 5.59. The summed E-state index contributed by atoms with van der Waals surface area (Å²) < 4.78 is 6.66. The van der Waals surface area contributed by atoms with Crippen LogP contribution in [0.4, 0.5) is 0 Å². The van der Waals surface area contributed by atoms with E-state index in [1.807, 2.05) is 36.0 Å². The molecular formula is C12H18BrNOS. The third-order valence-corrected chi connectivity index (χ3v) is 3.70. The number of halogens is 1. The van der Waals surface area contributed by atoms with Gasteiger partial charge in [0.05, 0.1) is 0 Å².